The maximum Gasteiger partial charge on any atom is 0.180 e. The van der Waals surface area contributed by atoms with Gasteiger partial charge in [0.2, 0.25) is 0 Å². The van der Waals surface area contributed by atoms with Gasteiger partial charge in [-0.2, -0.15) is 0 Å². The molecule has 0 N–H and O–H groups in total. The second-order valence-electron chi connectivity index (χ2n) is 2.05. The second kappa shape index (κ2) is 5.49. The van der Waals surface area contributed by atoms with E-state index in [2.05, 4.69) is 20.9 Å². The Labute approximate surface area is 80.3 Å². The van der Waals surface area contributed by atoms with Gasteiger partial charge >= 0.3 is 0 Å². The molecule has 0 saturated carbocycles. The van der Waals surface area contributed by atoms with Crippen LogP contribution in [-0.4, -0.2) is 23.4 Å². The summed E-state index contributed by atoms with van der Waals surface area (Å²) < 4.78 is 0. The SMILES string of the molecule is Cl.O=C1C=CC=NC1CCBr. The molecule has 0 spiro atoms. The van der Waals surface area contributed by atoms with E-state index >= 15 is 0 Å². The first-order chi connectivity index (χ1) is 4.84. The Morgan fingerprint density at radius 1 is 1.64 bits per heavy atom. The minimum atomic E-state index is -0.135. The number of hydrogen-bond acceptors (Lipinski definition) is 2. The van der Waals surface area contributed by atoms with Crippen molar-refractivity contribution < 1.29 is 4.79 Å². The molecule has 0 aliphatic carbocycles. The zero-order valence-corrected chi connectivity index (χ0v) is 8.27. The van der Waals surface area contributed by atoms with Gasteiger partial charge in [-0.3, -0.25) is 9.79 Å². The van der Waals surface area contributed by atoms with Crippen LogP contribution in [0.5, 0.6) is 0 Å². The largest absolute Gasteiger partial charge is 0.292 e. The molecule has 1 heterocycles. The summed E-state index contributed by atoms with van der Waals surface area (Å²) in [6.45, 7) is 0. The number of aliphatic imine (C=N–C) groups is 1. The lowest BCUT2D eigenvalue weighted by molar-refractivity contribution is -0.115. The molecule has 62 valence electrons. The van der Waals surface area contributed by atoms with Crippen LogP contribution in [0.4, 0.5) is 0 Å². The van der Waals surface area contributed by atoms with E-state index in [1.807, 2.05) is 0 Å². The van der Waals surface area contributed by atoms with Gasteiger partial charge in [-0.1, -0.05) is 15.9 Å². The highest BCUT2D eigenvalue weighted by Gasteiger charge is 2.13. The Morgan fingerprint density at radius 3 is 2.91 bits per heavy atom. The Kier molecular flexibility index (Phi) is 5.42. The van der Waals surface area contributed by atoms with Crippen molar-refractivity contribution in [3.63, 3.8) is 0 Å². The molecule has 0 fully saturated rings. The standard InChI is InChI=1S/C7H8BrNO.ClH/c8-4-3-6-7(10)2-1-5-9-6;/h1-2,5-6H,3-4H2;1H. The lowest BCUT2D eigenvalue weighted by atomic mass is 10.1. The Bertz CT molecular complexity index is 191. The minimum absolute atomic E-state index is 0. The first kappa shape index (κ1) is 10.8. The van der Waals surface area contributed by atoms with E-state index in [0.717, 1.165) is 11.8 Å². The number of allylic oxidation sites excluding steroid dienone is 1. The topological polar surface area (TPSA) is 29.4 Å². The average molecular weight is 239 g/mol. The van der Waals surface area contributed by atoms with Crippen molar-refractivity contribution in [2.75, 3.05) is 5.33 Å². The molecule has 1 unspecified atom stereocenters. The molecule has 0 aromatic rings. The molecule has 1 rings (SSSR count). The lowest BCUT2D eigenvalue weighted by Gasteiger charge is -2.07. The van der Waals surface area contributed by atoms with Gasteiger partial charge in [-0.05, 0) is 18.6 Å². The van der Waals surface area contributed by atoms with E-state index < -0.39 is 0 Å². The van der Waals surface area contributed by atoms with Crippen LogP contribution in [0.15, 0.2) is 17.1 Å². The van der Waals surface area contributed by atoms with E-state index in [1.165, 1.54) is 0 Å². The van der Waals surface area contributed by atoms with Crippen molar-refractivity contribution in [3.8, 4) is 0 Å². The third kappa shape index (κ3) is 3.16. The highest BCUT2D eigenvalue weighted by atomic mass is 79.9. The fourth-order valence-electron chi connectivity index (χ4n) is 0.796. The third-order valence-electron chi connectivity index (χ3n) is 1.32. The molecule has 2 nitrogen and oxygen atoms in total. The lowest BCUT2D eigenvalue weighted by Crippen LogP contribution is -2.19. The van der Waals surface area contributed by atoms with E-state index in [-0.39, 0.29) is 24.2 Å². The number of halogens is 2. The van der Waals surface area contributed by atoms with Crippen LogP contribution >= 0.6 is 28.3 Å². The third-order valence-corrected chi connectivity index (χ3v) is 1.78. The summed E-state index contributed by atoms with van der Waals surface area (Å²) in [5.74, 6) is 0.113. The summed E-state index contributed by atoms with van der Waals surface area (Å²) in [6, 6.07) is -0.135. The van der Waals surface area contributed by atoms with Gasteiger partial charge in [0.15, 0.2) is 5.78 Å². The number of carbonyl (C=O) groups is 1. The molecule has 11 heavy (non-hydrogen) atoms. The second-order valence-corrected chi connectivity index (χ2v) is 2.85. The summed E-state index contributed by atoms with van der Waals surface area (Å²) in [7, 11) is 0. The molecule has 1 aliphatic heterocycles. The molecule has 0 amide bonds. The van der Waals surface area contributed by atoms with Crippen LogP contribution in [-0.2, 0) is 4.79 Å². The summed E-state index contributed by atoms with van der Waals surface area (Å²) in [6.07, 6.45) is 5.71. The maximum absolute atomic E-state index is 11.0. The van der Waals surface area contributed by atoms with Gasteiger partial charge < -0.3 is 0 Å². The Morgan fingerprint density at radius 2 is 2.36 bits per heavy atom. The maximum atomic E-state index is 11.0. The Hall–Kier alpha value is -0.150. The number of nitrogens with zero attached hydrogens (tertiary/aromatic N) is 1. The fraction of sp³-hybridized carbons (Fsp3) is 0.429. The van der Waals surface area contributed by atoms with Gasteiger partial charge in [0.05, 0.1) is 0 Å². The van der Waals surface area contributed by atoms with Gasteiger partial charge in [0, 0.05) is 11.5 Å². The van der Waals surface area contributed by atoms with Crippen LogP contribution in [0, 0.1) is 0 Å². The van der Waals surface area contributed by atoms with Crippen molar-refractivity contribution >= 4 is 40.3 Å². The predicted octanol–water partition coefficient (Wildman–Crippen LogP) is 1.77. The van der Waals surface area contributed by atoms with Crippen LogP contribution in [0.25, 0.3) is 0 Å². The molecule has 0 saturated heterocycles. The number of dihydropyridines is 1. The van der Waals surface area contributed by atoms with Gasteiger partial charge in [0.25, 0.3) is 0 Å². The number of rotatable bonds is 2. The molecule has 4 heteroatoms. The summed E-state index contributed by atoms with van der Waals surface area (Å²) in [5.41, 5.74) is 0. The van der Waals surface area contributed by atoms with E-state index in [1.54, 1.807) is 18.4 Å². The van der Waals surface area contributed by atoms with Crippen molar-refractivity contribution in [2.24, 2.45) is 4.99 Å². The fourth-order valence-corrected chi connectivity index (χ4v) is 1.23. The van der Waals surface area contributed by atoms with Crippen LogP contribution < -0.4 is 0 Å². The average Bonchev–Trinajstić information content (AvgIpc) is 1.94. The number of hydrogen-bond donors (Lipinski definition) is 0. The first-order valence-corrected chi connectivity index (χ1v) is 4.26. The van der Waals surface area contributed by atoms with E-state index in [9.17, 15) is 4.79 Å². The molecular formula is C7H9BrClNO. The number of carbonyl (C=O) groups excluding carboxylic acids is 1. The molecule has 1 atom stereocenters. The van der Waals surface area contributed by atoms with Crippen molar-refractivity contribution in [1.29, 1.82) is 0 Å². The summed E-state index contributed by atoms with van der Waals surface area (Å²) in [5, 5.41) is 0.828. The Balaban J connectivity index is 0.000001000. The minimum Gasteiger partial charge on any atom is -0.292 e. The molecule has 0 bridgehead atoms. The van der Waals surface area contributed by atoms with E-state index in [0.29, 0.717) is 0 Å². The quantitative estimate of drug-likeness (QED) is 0.674. The smallest absolute Gasteiger partial charge is 0.180 e. The molecule has 0 radical (unpaired) electrons. The highest BCUT2D eigenvalue weighted by molar-refractivity contribution is 9.09. The highest BCUT2D eigenvalue weighted by Crippen LogP contribution is 2.05. The van der Waals surface area contributed by atoms with Crippen molar-refractivity contribution in [2.45, 2.75) is 12.5 Å². The van der Waals surface area contributed by atoms with Crippen molar-refractivity contribution in [3.05, 3.63) is 12.2 Å². The number of ketones is 1. The zero-order chi connectivity index (χ0) is 7.40. The first-order valence-electron chi connectivity index (χ1n) is 3.14. The monoisotopic (exact) mass is 237 g/mol. The molecular weight excluding hydrogens is 229 g/mol. The van der Waals surface area contributed by atoms with Crippen LogP contribution in [0.2, 0.25) is 0 Å². The summed E-state index contributed by atoms with van der Waals surface area (Å²) in [4.78, 5) is 15.0. The van der Waals surface area contributed by atoms with Gasteiger partial charge in [-0.25, -0.2) is 0 Å². The van der Waals surface area contributed by atoms with E-state index in [4.69, 9.17) is 0 Å². The normalized spacial score (nSPS) is 21.5. The van der Waals surface area contributed by atoms with Crippen molar-refractivity contribution in [1.82, 2.24) is 0 Å². The molecule has 0 aromatic carbocycles. The molecule has 1 aliphatic rings. The predicted molar refractivity (Wildman–Crippen MR) is 52.1 cm³/mol. The van der Waals surface area contributed by atoms with Gasteiger partial charge in [-0.15, -0.1) is 12.4 Å². The van der Waals surface area contributed by atoms with Crippen LogP contribution in [0.3, 0.4) is 0 Å². The van der Waals surface area contributed by atoms with Gasteiger partial charge in [0.1, 0.15) is 6.04 Å². The van der Waals surface area contributed by atoms with Crippen LogP contribution in [0.1, 0.15) is 6.42 Å². The molecule has 0 aromatic heterocycles. The number of alkyl halides is 1. The zero-order valence-electron chi connectivity index (χ0n) is 5.87. The summed E-state index contributed by atoms with van der Waals surface area (Å²) >= 11 is 3.26.